The van der Waals surface area contributed by atoms with Gasteiger partial charge >= 0.3 is 0 Å². The van der Waals surface area contributed by atoms with Gasteiger partial charge in [0.05, 0.1) is 23.1 Å². The maximum Gasteiger partial charge on any atom is 0.243 e. The molecule has 9 heteroatoms. The van der Waals surface area contributed by atoms with Crippen LogP contribution in [0.4, 0.5) is 5.69 Å². The van der Waals surface area contributed by atoms with E-state index < -0.39 is 15.9 Å². The van der Waals surface area contributed by atoms with Gasteiger partial charge in [0, 0.05) is 37.9 Å². The molecule has 0 bridgehead atoms. The van der Waals surface area contributed by atoms with Gasteiger partial charge in [-0.2, -0.15) is 4.31 Å². The number of nitrogens with one attached hydrogen (secondary N) is 1. The van der Waals surface area contributed by atoms with E-state index in [1.54, 1.807) is 38.2 Å². The zero-order valence-electron chi connectivity index (χ0n) is 17.1. The molecule has 1 aliphatic heterocycles. The van der Waals surface area contributed by atoms with Gasteiger partial charge in [-0.15, -0.1) is 0 Å². The van der Waals surface area contributed by atoms with Crippen LogP contribution in [0.25, 0.3) is 0 Å². The van der Waals surface area contributed by atoms with Gasteiger partial charge in [-0.3, -0.25) is 14.6 Å². The van der Waals surface area contributed by atoms with Gasteiger partial charge in [0.1, 0.15) is 0 Å². The number of pyridine rings is 1. The van der Waals surface area contributed by atoms with E-state index in [-0.39, 0.29) is 29.7 Å². The number of benzene rings is 1. The third-order valence-corrected chi connectivity index (χ3v) is 7.22. The van der Waals surface area contributed by atoms with Crippen molar-refractivity contribution in [1.82, 2.24) is 14.6 Å². The molecule has 0 unspecified atom stereocenters. The molecule has 8 nitrogen and oxygen atoms in total. The fraction of sp³-hybridized carbons (Fsp3) is 0.381. The predicted molar refractivity (Wildman–Crippen MR) is 113 cm³/mol. The minimum absolute atomic E-state index is 0.119. The van der Waals surface area contributed by atoms with Crippen molar-refractivity contribution in [3.05, 3.63) is 54.4 Å². The average molecular weight is 431 g/mol. The summed E-state index contributed by atoms with van der Waals surface area (Å²) in [5.41, 5.74) is 1.33. The number of hydrogen-bond acceptors (Lipinski definition) is 5. The van der Waals surface area contributed by atoms with Gasteiger partial charge in [-0.1, -0.05) is 19.9 Å². The molecule has 30 heavy (non-hydrogen) atoms. The molecule has 2 heterocycles. The number of aromatic nitrogens is 1. The molecule has 1 aromatic heterocycles. The summed E-state index contributed by atoms with van der Waals surface area (Å²) in [6, 6.07) is 11.7. The molecular weight excluding hydrogens is 404 g/mol. The first-order chi connectivity index (χ1) is 14.4. The number of amides is 2. The highest BCUT2D eigenvalue weighted by molar-refractivity contribution is 7.89. The number of rotatable bonds is 8. The standard InChI is InChI=1S/C21H26N4O4S/c1-3-24(4-2)30(28,29)19-10-8-18(9-11-19)25-15-16(13-20(25)26)21(27)23-14-17-7-5-6-12-22-17/h5-12,16H,3-4,13-15H2,1-2H3,(H,23,27)/t16-/m0/s1. The largest absolute Gasteiger partial charge is 0.350 e. The molecule has 3 rings (SSSR count). The van der Waals surface area contributed by atoms with E-state index in [2.05, 4.69) is 10.3 Å². The van der Waals surface area contributed by atoms with Crippen molar-refractivity contribution >= 4 is 27.5 Å². The van der Waals surface area contributed by atoms with Crippen molar-refractivity contribution < 1.29 is 18.0 Å². The number of anilines is 1. The lowest BCUT2D eigenvalue weighted by Gasteiger charge is -2.20. The maximum atomic E-state index is 12.6. The van der Waals surface area contributed by atoms with Crippen molar-refractivity contribution in [1.29, 1.82) is 0 Å². The van der Waals surface area contributed by atoms with Crippen LogP contribution in [0.5, 0.6) is 0 Å². The quantitative estimate of drug-likeness (QED) is 0.688. The van der Waals surface area contributed by atoms with Crippen LogP contribution in [0.1, 0.15) is 26.0 Å². The normalized spacial score (nSPS) is 16.8. The van der Waals surface area contributed by atoms with E-state index in [0.29, 0.717) is 25.3 Å². The second-order valence-corrected chi connectivity index (χ2v) is 8.97. The van der Waals surface area contributed by atoms with E-state index in [1.165, 1.54) is 21.3 Å². The zero-order chi connectivity index (χ0) is 21.7. The Balaban J connectivity index is 1.65. The number of carbonyl (C=O) groups is 2. The Morgan fingerprint density at radius 3 is 2.47 bits per heavy atom. The molecule has 1 aliphatic rings. The average Bonchev–Trinajstić information content (AvgIpc) is 3.15. The summed E-state index contributed by atoms with van der Waals surface area (Å²) in [4.78, 5) is 30.8. The van der Waals surface area contributed by atoms with Crippen LogP contribution in [0.3, 0.4) is 0 Å². The molecule has 2 aromatic rings. The van der Waals surface area contributed by atoms with E-state index in [9.17, 15) is 18.0 Å². The van der Waals surface area contributed by atoms with Crippen molar-refractivity contribution in [3.63, 3.8) is 0 Å². The van der Waals surface area contributed by atoms with Crippen LogP contribution in [0.15, 0.2) is 53.6 Å². The monoisotopic (exact) mass is 430 g/mol. The minimum atomic E-state index is -3.55. The molecule has 1 N–H and O–H groups in total. The lowest BCUT2D eigenvalue weighted by atomic mass is 10.1. The Labute approximate surface area is 177 Å². The molecular formula is C21H26N4O4S. The SMILES string of the molecule is CCN(CC)S(=O)(=O)c1ccc(N2C[C@@H](C(=O)NCc3ccccn3)CC2=O)cc1. The molecule has 0 aliphatic carbocycles. The Morgan fingerprint density at radius 2 is 1.87 bits per heavy atom. The summed E-state index contributed by atoms with van der Waals surface area (Å²) in [6.07, 6.45) is 1.78. The summed E-state index contributed by atoms with van der Waals surface area (Å²) in [7, 11) is -3.55. The summed E-state index contributed by atoms with van der Waals surface area (Å²) in [5, 5.41) is 2.82. The van der Waals surface area contributed by atoms with Crippen molar-refractivity contribution in [2.45, 2.75) is 31.7 Å². The zero-order valence-corrected chi connectivity index (χ0v) is 17.9. The second-order valence-electron chi connectivity index (χ2n) is 7.03. The van der Waals surface area contributed by atoms with Crippen molar-refractivity contribution in [3.8, 4) is 0 Å². The Hall–Kier alpha value is -2.78. The molecule has 1 saturated heterocycles. The molecule has 160 valence electrons. The highest BCUT2D eigenvalue weighted by Crippen LogP contribution is 2.27. The number of nitrogens with zero attached hydrogens (tertiary/aromatic N) is 3. The third-order valence-electron chi connectivity index (χ3n) is 5.16. The Bertz CT molecular complexity index is 989. The van der Waals surface area contributed by atoms with Gasteiger partial charge in [-0.05, 0) is 36.4 Å². The summed E-state index contributed by atoms with van der Waals surface area (Å²) in [6.45, 7) is 4.92. The van der Waals surface area contributed by atoms with Gasteiger partial charge in [0.15, 0.2) is 0 Å². The first-order valence-electron chi connectivity index (χ1n) is 9.95. The lowest BCUT2D eigenvalue weighted by molar-refractivity contribution is -0.126. The predicted octanol–water partition coefficient (Wildman–Crippen LogP) is 1.78. The molecule has 0 spiro atoms. The molecule has 1 fully saturated rings. The summed E-state index contributed by atoms with van der Waals surface area (Å²) < 4.78 is 26.6. The number of hydrogen-bond donors (Lipinski definition) is 1. The van der Waals surface area contributed by atoms with E-state index >= 15 is 0 Å². The van der Waals surface area contributed by atoms with Crippen LogP contribution in [0, 0.1) is 5.92 Å². The summed E-state index contributed by atoms with van der Waals surface area (Å²) >= 11 is 0. The maximum absolute atomic E-state index is 12.6. The van der Waals surface area contributed by atoms with Crippen LogP contribution in [-0.4, -0.2) is 49.2 Å². The smallest absolute Gasteiger partial charge is 0.243 e. The highest BCUT2D eigenvalue weighted by atomic mass is 32.2. The molecule has 2 amide bonds. The van der Waals surface area contributed by atoms with E-state index in [0.717, 1.165) is 5.69 Å². The van der Waals surface area contributed by atoms with Crippen LogP contribution < -0.4 is 10.2 Å². The lowest BCUT2D eigenvalue weighted by Crippen LogP contribution is -2.33. The molecule has 1 atom stereocenters. The topological polar surface area (TPSA) is 99.7 Å². The van der Waals surface area contributed by atoms with Gasteiger partial charge in [0.2, 0.25) is 21.8 Å². The first kappa shape index (κ1) is 21.9. The fourth-order valence-corrected chi connectivity index (χ4v) is 4.93. The number of sulfonamides is 1. The fourth-order valence-electron chi connectivity index (χ4n) is 3.47. The van der Waals surface area contributed by atoms with Gasteiger partial charge in [0.25, 0.3) is 0 Å². The number of carbonyl (C=O) groups excluding carboxylic acids is 2. The highest BCUT2D eigenvalue weighted by Gasteiger charge is 2.35. The van der Waals surface area contributed by atoms with Gasteiger partial charge in [-0.25, -0.2) is 8.42 Å². The Morgan fingerprint density at radius 1 is 1.17 bits per heavy atom. The second kappa shape index (κ2) is 9.36. The van der Waals surface area contributed by atoms with Crippen molar-refractivity contribution in [2.24, 2.45) is 5.92 Å². The first-order valence-corrected chi connectivity index (χ1v) is 11.4. The molecule has 0 radical (unpaired) electrons. The van der Waals surface area contributed by atoms with E-state index in [1.807, 2.05) is 12.1 Å². The third kappa shape index (κ3) is 4.68. The minimum Gasteiger partial charge on any atom is -0.350 e. The molecule has 1 aromatic carbocycles. The van der Waals surface area contributed by atoms with Crippen LogP contribution >= 0.6 is 0 Å². The van der Waals surface area contributed by atoms with E-state index in [4.69, 9.17) is 0 Å². The Kier molecular flexibility index (Phi) is 6.84. The van der Waals surface area contributed by atoms with Crippen molar-refractivity contribution in [2.75, 3.05) is 24.5 Å². The van der Waals surface area contributed by atoms with Crippen LogP contribution in [-0.2, 0) is 26.2 Å². The van der Waals surface area contributed by atoms with Gasteiger partial charge < -0.3 is 10.2 Å². The summed E-state index contributed by atoms with van der Waals surface area (Å²) in [5.74, 6) is -0.815. The molecule has 0 saturated carbocycles. The van der Waals surface area contributed by atoms with Crippen LogP contribution in [0.2, 0.25) is 0 Å².